The third-order valence-corrected chi connectivity index (χ3v) is 1.68. The summed E-state index contributed by atoms with van der Waals surface area (Å²) in [4.78, 5) is 10.6. The number of carboxylic acid groups (broad SMARTS) is 1. The molecular formula is C9H5F5O3. The van der Waals surface area contributed by atoms with Gasteiger partial charge < -0.3 is 9.84 Å². The van der Waals surface area contributed by atoms with Gasteiger partial charge in [-0.05, 0) is 12.1 Å². The van der Waals surface area contributed by atoms with E-state index >= 15 is 0 Å². The number of benzene rings is 1. The summed E-state index contributed by atoms with van der Waals surface area (Å²) in [6.07, 6.45) is -9.04. The lowest BCUT2D eigenvalue weighted by atomic mass is 10.2. The van der Waals surface area contributed by atoms with E-state index in [4.69, 9.17) is 5.11 Å². The standard InChI is InChI=1S/C9H5F5O3/c10-4-2-1-3-5(6(4)7(15)16)17-8(11)9(12,13)14/h1-3,8H,(H,15,16). The predicted molar refractivity (Wildman–Crippen MR) is 44.9 cm³/mol. The second-order valence-corrected chi connectivity index (χ2v) is 2.89. The topological polar surface area (TPSA) is 46.5 Å². The predicted octanol–water partition coefficient (Wildman–Crippen LogP) is 2.76. The van der Waals surface area contributed by atoms with Crippen molar-refractivity contribution in [3.8, 4) is 5.75 Å². The molecule has 1 N–H and O–H groups in total. The molecule has 17 heavy (non-hydrogen) atoms. The average molecular weight is 256 g/mol. The molecule has 94 valence electrons. The minimum atomic E-state index is -5.32. The molecule has 0 aromatic heterocycles. The number of ether oxygens (including phenoxy) is 1. The van der Waals surface area contributed by atoms with E-state index in [-0.39, 0.29) is 0 Å². The molecule has 1 aromatic carbocycles. The maximum absolute atomic E-state index is 13.0. The molecule has 1 rings (SSSR count). The minimum Gasteiger partial charge on any atom is -0.477 e. The molecule has 0 aliphatic rings. The molecule has 0 radical (unpaired) electrons. The van der Waals surface area contributed by atoms with Crippen LogP contribution < -0.4 is 4.74 Å². The number of carbonyl (C=O) groups is 1. The van der Waals surface area contributed by atoms with Gasteiger partial charge in [0.1, 0.15) is 17.1 Å². The Bertz CT molecular complexity index is 429. The Hall–Kier alpha value is -1.86. The monoisotopic (exact) mass is 256 g/mol. The Balaban J connectivity index is 3.07. The van der Waals surface area contributed by atoms with Gasteiger partial charge >= 0.3 is 18.5 Å². The number of halogens is 5. The fraction of sp³-hybridized carbons (Fsp3) is 0.222. The van der Waals surface area contributed by atoms with Gasteiger partial charge in [0.2, 0.25) is 0 Å². The van der Waals surface area contributed by atoms with Gasteiger partial charge in [-0.25, -0.2) is 9.18 Å². The van der Waals surface area contributed by atoms with Crippen LogP contribution in [0, 0.1) is 5.82 Å². The summed E-state index contributed by atoms with van der Waals surface area (Å²) in [5, 5.41) is 8.54. The van der Waals surface area contributed by atoms with Crippen LogP contribution >= 0.6 is 0 Å². The number of carboxylic acids is 1. The first kappa shape index (κ1) is 13.2. The molecule has 0 heterocycles. The summed E-state index contributed by atoms with van der Waals surface area (Å²) >= 11 is 0. The zero-order valence-electron chi connectivity index (χ0n) is 7.96. The van der Waals surface area contributed by atoms with E-state index in [9.17, 15) is 26.7 Å². The zero-order valence-corrected chi connectivity index (χ0v) is 7.96. The first-order chi connectivity index (χ1) is 7.73. The first-order valence-electron chi connectivity index (χ1n) is 4.12. The molecule has 0 saturated heterocycles. The molecule has 0 bridgehead atoms. The van der Waals surface area contributed by atoms with Crippen LogP contribution in [-0.2, 0) is 0 Å². The van der Waals surface area contributed by atoms with Crippen molar-refractivity contribution in [1.29, 1.82) is 0 Å². The highest BCUT2D eigenvalue weighted by atomic mass is 19.4. The second-order valence-electron chi connectivity index (χ2n) is 2.89. The molecule has 0 aliphatic heterocycles. The fourth-order valence-electron chi connectivity index (χ4n) is 0.988. The van der Waals surface area contributed by atoms with E-state index in [2.05, 4.69) is 4.74 Å². The van der Waals surface area contributed by atoms with Crippen LogP contribution in [-0.4, -0.2) is 23.6 Å². The summed E-state index contributed by atoms with van der Waals surface area (Å²) in [7, 11) is 0. The van der Waals surface area contributed by atoms with E-state index in [0.717, 1.165) is 12.1 Å². The van der Waals surface area contributed by atoms with E-state index < -0.39 is 35.6 Å². The van der Waals surface area contributed by atoms with Gasteiger partial charge in [-0.15, -0.1) is 0 Å². The average Bonchev–Trinajstić information content (AvgIpc) is 2.15. The van der Waals surface area contributed by atoms with Gasteiger partial charge in [-0.1, -0.05) is 6.07 Å². The smallest absolute Gasteiger partial charge is 0.457 e. The van der Waals surface area contributed by atoms with Crippen molar-refractivity contribution < 1.29 is 36.6 Å². The van der Waals surface area contributed by atoms with Crippen molar-refractivity contribution >= 4 is 5.97 Å². The normalized spacial score (nSPS) is 13.2. The molecule has 0 fully saturated rings. The third kappa shape index (κ3) is 3.05. The summed E-state index contributed by atoms with van der Waals surface area (Å²) in [6, 6.07) is 2.34. The van der Waals surface area contributed by atoms with Crippen LogP contribution in [0.2, 0.25) is 0 Å². The summed E-state index contributed by atoms with van der Waals surface area (Å²) in [5.74, 6) is -4.20. The van der Waals surface area contributed by atoms with Gasteiger partial charge in [0, 0.05) is 0 Å². The third-order valence-electron chi connectivity index (χ3n) is 1.68. The molecule has 8 heteroatoms. The lowest BCUT2D eigenvalue weighted by Crippen LogP contribution is -2.30. The summed E-state index contributed by atoms with van der Waals surface area (Å²) < 4.78 is 64.7. The van der Waals surface area contributed by atoms with Crippen molar-refractivity contribution in [2.75, 3.05) is 0 Å². The summed E-state index contributed by atoms with van der Waals surface area (Å²) in [5.41, 5.74) is -1.15. The van der Waals surface area contributed by atoms with E-state index in [1.165, 1.54) is 0 Å². The van der Waals surface area contributed by atoms with E-state index in [1.807, 2.05) is 0 Å². The highest BCUT2D eigenvalue weighted by Gasteiger charge is 2.43. The quantitative estimate of drug-likeness (QED) is 0.846. The molecule has 1 atom stereocenters. The Morgan fingerprint density at radius 2 is 1.94 bits per heavy atom. The number of hydrogen-bond acceptors (Lipinski definition) is 2. The van der Waals surface area contributed by atoms with Gasteiger partial charge in [0.15, 0.2) is 0 Å². The van der Waals surface area contributed by atoms with Crippen LogP contribution in [0.4, 0.5) is 22.0 Å². The van der Waals surface area contributed by atoms with Crippen LogP contribution in [0.15, 0.2) is 18.2 Å². The highest BCUT2D eigenvalue weighted by Crippen LogP contribution is 2.29. The lowest BCUT2D eigenvalue weighted by molar-refractivity contribution is -0.236. The molecule has 0 aliphatic carbocycles. The molecule has 1 aromatic rings. The van der Waals surface area contributed by atoms with Crippen molar-refractivity contribution in [2.45, 2.75) is 12.5 Å². The maximum Gasteiger partial charge on any atom is 0.457 e. The maximum atomic E-state index is 13.0. The molecule has 1 unspecified atom stereocenters. The molecule has 0 saturated carbocycles. The van der Waals surface area contributed by atoms with Crippen LogP contribution in [0.1, 0.15) is 10.4 Å². The van der Waals surface area contributed by atoms with Crippen molar-refractivity contribution in [3.63, 3.8) is 0 Å². The van der Waals surface area contributed by atoms with Gasteiger partial charge in [-0.2, -0.15) is 17.6 Å². The Kier molecular flexibility index (Phi) is 3.54. The van der Waals surface area contributed by atoms with Crippen molar-refractivity contribution in [1.82, 2.24) is 0 Å². The number of hydrogen-bond donors (Lipinski definition) is 1. The number of alkyl halides is 4. The highest BCUT2D eigenvalue weighted by molar-refractivity contribution is 5.91. The molecule has 0 spiro atoms. The second kappa shape index (κ2) is 4.56. The Labute approximate surface area is 91.4 Å². The lowest BCUT2D eigenvalue weighted by Gasteiger charge is -2.15. The first-order valence-corrected chi connectivity index (χ1v) is 4.12. The fourth-order valence-corrected chi connectivity index (χ4v) is 0.988. The van der Waals surface area contributed by atoms with Crippen molar-refractivity contribution in [2.24, 2.45) is 0 Å². The summed E-state index contributed by atoms with van der Waals surface area (Å²) in [6.45, 7) is 0. The zero-order chi connectivity index (χ0) is 13.2. The van der Waals surface area contributed by atoms with E-state index in [1.54, 1.807) is 0 Å². The molecular weight excluding hydrogens is 251 g/mol. The Morgan fingerprint density at radius 3 is 2.41 bits per heavy atom. The number of rotatable bonds is 3. The molecule has 3 nitrogen and oxygen atoms in total. The Morgan fingerprint density at radius 1 is 1.35 bits per heavy atom. The SMILES string of the molecule is O=C(O)c1c(F)cccc1OC(F)C(F)(F)F. The van der Waals surface area contributed by atoms with Crippen molar-refractivity contribution in [3.05, 3.63) is 29.6 Å². The van der Waals surface area contributed by atoms with Gasteiger partial charge in [0.25, 0.3) is 0 Å². The van der Waals surface area contributed by atoms with Crippen LogP contribution in [0.3, 0.4) is 0 Å². The minimum absolute atomic E-state index is 0.705. The number of aromatic carboxylic acids is 1. The van der Waals surface area contributed by atoms with E-state index in [0.29, 0.717) is 6.07 Å². The van der Waals surface area contributed by atoms with Crippen LogP contribution in [0.5, 0.6) is 5.75 Å². The van der Waals surface area contributed by atoms with Gasteiger partial charge in [-0.3, -0.25) is 0 Å². The van der Waals surface area contributed by atoms with Gasteiger partial charge in [0.05, 0.1) is 0 Å². The molecule has 0 amide bonds. The van der Waals surface area contributed by atoms with Crippen LogP contribution in [0.25, 0.3) is 0 Å². The largest absolute Gasteiger partial charge is 0.477 e.